The van der Waals surface area contributed by atoms with E-state index < -0.39 is 0 Å². The predicted octanol–water partition coefficient (Wildman–Crippen LogP) is 6.66. The Bertz CT molecular complexity index is 1350. The molecule has 0 unspecified atom stereocenters. The molecule has 6 nitrogen and oxygen atoms in total. The number of benzene rings is 3. The smallest absolute Gasteiger partial charge is 0.234 e. The first-order valence-corrected chi connectivity index (χ1v) is 13.4. The van der Waals surface area contributed by atoms with Gasteiger partial charge in [-0.3, -0.25) is 9.36 Å². The van der Waals surface area contributed by atoms with Crippen molar-refractivity contribution in [2.75, 3.05) is 11.1 Å². The number of hydrogen-bond acceptors (Lipinski definition) is 5. The zero-order chi connectivity index (χ0) is 24.8. The van der Waals surface area contributed by atoms with E-state index in [4.69, 9.17) is 4.74 Å². The lowest BCUT2D eigenvalue weighted by atomic mass is 10.0. The first-order valence-electron chi connectivity index (χ1n) is 11.3. The third kappa shape index (κ3) is 6.24. The van der Waals surface area contributed by atoms with Crippen LogP contribution in [0.1, 0.15) is 31.2 Å². The van der Waals surface area contributed by atoms with Crippen molar-refractivity contribution in [1.82, 2.24) is 14.8 Å². The fourth-order valence-electron chi connectivity index (χ4n) is 3.75. The highest BCUT2D eigenvalue weighted by atomic mass is 127. The maximum absolute atomic E-state index is 12.7. The van der Waals surface area contributed by atoms with E-state index in [9.17, 15) is 4.79 Å². The second-order valence-electron chi connectivity index (χ2n) is 8.29. The number of carbonyl (C=O) groups excluding carboxylic acids is 1. The summed E-state index contributed by atoms with van der Waals surface area (Å²) in [6, 6.07) is 20.2. The monoisotopic (exact) mass is 598 g/mol. The van der Waals surface area contributed by atoms with Crippen molar-refractivity contribution in [3.63, 3.8) is 0 Å². The Balaban J connectivity index is 1.43. The molecule has 0 atom stereocenters. The number of aromatic nitrogens is 3. The Morgan fingerprint density at radius 1 is 1.17 bits per heavy atom. The number of rotatable bonds is 10. The summed E-state index contributed by atoms with van der Waals surface area (Å²) in [7, 11) is 0. The third-order valence-electron chi connectivity index (χ3n) is 5.45. The lowest BCUT2D eigenvalue weighted by molar-refractivity contribution is -0.113. The summed E-state index contributed by atoms with van der Waals surface area (Å²) >= 11 is 3.64. The average Bonchev–Trinajstić information content (AvgIpc) is 3.24. The molecule has 3 aromatic carbocycles. The quantitative estimate of drug-likeness (QED) is 0.126. The molecule has 0 bridgehead atoms. The molecular formula is C27H27IN4O2S. The standard InChI is InChI=1S/C27H27IN4O2S/c1-4-14-32-25(16-34-24-11-7-9-19-8-5-6-10-21(19)24)30-31-27(32)35-17-26(33)29-23-13-12-20(28)15-22(23)18(2)3/h4-13,15,18H,1,14,16-17H2,2-3H3,(H,29,33). The Hall–Kier alpha value is -2.85. The molecular weight excluding hydrogens is 571 g/mol. The highest BCUT2D eigenvalue weighted by molar-refractivity contribution is 14.1. The van der Waals surface area contributed by atoms with Gasteiger partial charge in [-0.25, -0.2) is 0 Å². The lowest BCUT2D eigenvalue weighted by Crippen LogP contribution is -2.16. The number of carbonyl (C=O) groups is 1. The summed E-state index contributed by atoms with van der Waals surface area (Å²) in [4.78, 5) is 12.7. The van der Waals surface area contributed by atoms with Gasteiger partial charge in [0.1, 0.15) is 12.4 Å². The second-order valence-corrected chi connectivity index (χ2v) is 10.5. The summed E-state index contributed by atoms with van der Waals surface area (Å²) in [5.74, 6) is 1.93. The zero-order valence-corrected chi connectivity index (χ0v) is 22.7. The van der Waals surface area contributed by atoms with E-state index in [-0.39, 0.29) is 18.3 Å². The van der Waals surface area contributed by atoms with E-state index in [1.165, 1.54) is 11.8 Å². The van der Waals surface area contributed by atoms with Crippen molar-refractivity contribution in [3.05, 3.63) is 88.3 Å². The minimum atomic E-state index is -0.0835. The fraction of sp³-hybridized carbons (Fsp3) is 0.222. The molecule has 1 N–H and O–H groups in total. The van der Waals surface area contributed by atoms with Gasteiger partial charge in [-0.15, -0.1) is 16.8 Å². The normalized spacial score (nSPS) is 11.1. The van der Waals surface area contributed by atoms with Crippen molar-refractivity contribution >= 4 is 56.7 Å². The van der Waals surface area contributed by atoms with Crippen LogP contribution in [0.25, 0.3) is 10.8 Å². The van der Waals surface area contributed by atoms with Crippen molar-refractivity contribution in [1.29, 1.82) is 0 Å². The first kappa shape index (κ1) is 25.2. The molecule has 0 saturated carbocycles. The molecule has 1 heterocycles. The second kappa shape index (κ2) is 11.7. The molecule has 0 saturated heterocycles. The van der Waals surface area contributed by atoms with Crippen LogP contribution in [0.15, 0.2) is 78.5 Å². The van der Waals surface area contributed by atoms with Gasteiger partial charge in [-0.05, 0) is 63.7 Å². The molecule has 0 aliphatic rings. The molecule has 0 spiro atoms. The molecule has 0 aliphatic heterocycles. The van der Waals surface area contributed by atoms with Gasteiger partial charge in [-0.1, -0.05) is 68.1 Å². The number of hydrogen-bond donors (Lipinski definition) is 1. The molecule has 35 heavy (non-hydrogen) atoms. The molecule has 1 aromatic heterocycles. The van der Waals surface area contributed by atoms with Gasteiger partial charge in [0, 0.05) is 21.2 Å². The van der Waals surface area contributed by atoms with E-state index in [0.717, 1.165) is 31.3 Å². The number of allylic oxidation sites excluding steroid dienone is 1. The van der Waals surface area contributed by atoms with E-state index in [0.29, 0.717) is 23.4 Å². The fourth-order valence-corrected chi connectivity index (χ4v) is 5.03. The van der Waals surface area contributed by atoms with Crippen molar-refractivity contribution in [2.45, 2.75) is 38.1 Å². The van der Waals surface area contributed by atoms with Gasteiger partial charge in [0.15, 0.2) is 11.0 Å². The van der Waals surface area contributed by atoms with Crippen molar-refractivity contribution in [2.24, 2.45) is 0 Å². The summed E-state index contributed by atoms with van der Waals surface area (Å²) in [5, 5.41) is 14.5. The minimum Gasteiger partial charge on any atom is -0.485 e. The molecule has 4 rings (SSSR count). The predicted molar refractivity (Wildman–Crippen MR) is 151 cm³/mol. The van der Waals surface area contributed by atoms with Crippen LogP contribution in [-0.4, -0.2) is 26.4 Å². The van der Waals surface area contributed by atoms with Crippen LogP contribution in [-0.2, 0) is 17.9 Å². The third-order valence-corrected chi connectivity index (χ3v) is 7.09. The van der Waals surface area contributed by atoms with Gasteiger partial charge in [0.25, 0.3) is 0 Å². The van der Waals surface area contributed by atoms with Crippen LogP contribution in [0, 0.1) is 3.57 Å². The average molecular weight is 599 g/mol. The number of thioether (sulfide) groups is 1. The molecule has 0 aliphatic carbocycles. The van der Waals surface area contributed by atoms with Crippen LogP contribution < -0.4 is 10.1 Å². The van der Waals surface area contributed by atoms with Crippen molar-refractivity contribution in [3.8, 4) is 5.75 Å². The van der Waals surface area contributed by atoms with Gasteiger partial charge in [0.05, 0.1) is 5.75 Å². The van der Waals surface area contributed by atoms with Crippen LogP contribution in [0.2, 0.25) is 0 Å². The lowest BCUT2D eigenvalue weighted by Gasteiger charge is -2.14. The Labute approximate surface area is 223 Å². The summed E-state index contributed by atoms with van der Waals surface area (Å²) in [6.07, 6.45) is 1.79. The highest BCUT2D eigenvalue weighted by Crippen LogP contribution is 2.28. The summed E-state index contributed by atoms with van der Waals surface area (Å²) in [5.41, 5.74) is 1.97. The van der Waals surface area contributed by atoms with E-state index in [1.54, 1.807) is 6.08 Å². The number of anilines is 1. The SMILES string of the molecule is C=CCn1c(COc2cccc3ccccc23)nnc1SCC(=O)Nc1ccc(I)cc1C(C)C. The number of nitrogens with zero attached hydrogens (tertiary/aromatic N) is 3. The van der Waals surface area contributed by atoms with E-state index >= 15 is 0 Å². The van der Waals surface area contributed by atoms with Crippen LogP contribution in [0.4, 0.5) is 5.69 Å². The Kier molecular flexibility index (Phi) is 8.46. The number of halogens is 1. The minimum absolute atomic E-state index is 0.0835. The first-order chi connectivity index (χ1) is 17.0. The number of ether oxygens (including phenoxy) is 1. The summed E-state index contributed by atoms with van der Waals surface area (Å²) in [6.45, 7) is 8.89. The van der Waals surface area contributed by atoms with Gasteiger partial charge < -0.3 is 10.1 Å². The topological polar surface area (TPSA) is 69.0 Å². The largest absolute Gasteiger partial charge is 0.485 e. The number of nitrogens with one attached hydrogen (secondary N) is 1. The maximum Gasteiger partial charge on any atom is 0.234 e. The molecule has 180 valence electrons. The zero-order valence-electron chi connectivity index (χ0n) is 19.7. The molecule has 1 amide bonds. The Morgan fingerprint density at radius 3 is 2.77 bits per heavy atom. The van der Waals surface area contributed by atoms with Crippen LogP contribution in [0.5, 0.6) is 5.75 Å². The molecule has 8 heteroatoms. The number of fused-ring (bicyclic) bond motifs is 1. The van der Waals surface area contributed by atoms with Crippen molar-refractivity contribution < 1.29 is 9.53 Å². The number of amides is 1. The van der Waals surface area contributed by atoms with Crippen LogP contribution in [0.3, 0.4) is 0 Å². The van der Waals surface area contributed by atoms with Gasteiger partial charge in [-0.2, -0.15) is 0 Å². The molecule has 0 radical (unpaired) electrons. The van der Waals surface area contributed by atoms with Crippen LogP contribution >= 0.6 is 34.4 Å². The van der Waals surface area contributed by atoms with E-state index in [2.05, 4.69) is 76.7 Å². The molecule has 0 fully saturated rings. The van der Waals surface area contributed by atoms with E-state index in [1.807, 2.05) is 47.0 Å². The Morgan fingerprint density at radius 2 is 1.97 bits per heavy atom. The summed E-state index contributed by atoms with van der Waals surface area (Å²) < 4.78 is 9.19. The van der Waals surface area contributed by atoms with Gasteiger partial charge >= 0.3 is 0 Å². The highest BCUT2D eigenvalue weighted by Gasteiger charge is 2.16. The van der Waals surface area contributed by atoms with Gasteiger partial charge in [0.2, 0.25) is 5.91 Å². The molecule has 4 aromatic rings. The maximum atomic E-state index is 12.7.